The zero-order valence-electron chi connectivity index (χ0n) is 9.27. The van der Waals surface area contributed by atoms with Gasteiger partial charge in [-0.2, -0.15) is 0 Å². The fraction of sp³-hybridized carbons (Fsp3) is 0. The minimum absolute atomic E-state index is 0.0272. The summed E-state index contributed by atoms with van der Waals surface area (Å²) in [5.41, 5.74) is 0.348. The van der Waals surface area contributed by atoms with Gasteiger partial charge in [0.05, 0.1) is 20.1 Å². The quantitative estimate of drug-likeness (QED) is 0.818. The van der Waals surface area contributed by atoms with Crippen molar-refractivity contribution < 1.29 is 8.42 Å². The Morgan fingerprint density at radius 3 is 2.63 bits per heavy atom. The summed E-state index contributed by atoms with van der Waals surface area (Å²) in [4.78, 5) is 3.76. The number of pyridine rings is 1. The SMILES string of the molecule is O=S(=O)(Nc1cccc(Cl)c1Br)c1ccnc(Cl)c1. The Labute approximate surface area is 128 Å². The standard InChI is InChI=1S/C11H7BrCl2N2O2S/c12-11-8(13)2-1-3-9(11)16-19(17,18)7-4-5-15-10(14)6-7/h1-6,16H. The second kappa shape index (κ2) is 5.66. The summed E-state index contributed by atoms with van der Waals surface area (Å²) < 4.78 is 27.2. The molecule has 8 heteroatoms. The van der Waals surface area contributed by atoms with E-state index >= 15 is 0 Å². The Kier molecular flexibility index (Phi) is 4.35. The van der Waals surface area contributed by atoms with Crippen LogP contribution in [0.3, 0.4) is 0 Å². The van der Waals surface area contributed by atoms with Gasteiger partial charge >= 0.3 is 0 Å². The van der Waals surface area contributed by atoms with Gasteiger partial charge in [-0.25, -0.2) is 13.4 Å². The molecule has 0 aliphatic rings. The molecule has 0 saturated carbocycles. The zero-order chi connectivity index (χ0) is 14.0. The first-order valence-electron chi connectivity index (χ1n) is 4.98. The highest BCUT2D eigenvalue weighted by Gasteiger charge is 2.16. The van der Waals surface area contributed by atoms with E-state index in [1.165, 1.54) is 18.3 Å². The molecule has 0 aliphatic heterocycles. The van der Waals surface area contributed by atoms with Crippen LogP contribution in [0.25, 0.3) is 0 Å². The van der Waals surface area contributed by atoms with E-state index in [4.69, 9.17) is 23.2 Å². The highest BCUT2D eigenvalue weighted by atomic mass is 79.9. The molecule has 0 aliphatic carbocycles. The molecule has 0 atom stereocenters. The lowest BCUT2D eigenvalue weighted by Gasteiger charge is -2.10. The third-order valence-corrected chi connectivity index (χ3v) is 5.17. The van der Waals surface area contributed by atoms with E-state index < -0.39 is 10.0 Å². The van der Waals surface area contributed by atoms with Gasteiger partial charge in [-0.15, -0.1) is 0 Å². The number of nitrogens with zero attached hydrogens (tertiary/aromatic N) is 1. The number of rotatable bonds is 3. The van der Waals surface area contributed by atoms with Crippen molar-refractivity contribution in [2.75, 3.05) is 4.72 Å². The van der Waals surface area contributed by atoms with E-state index in [-0.39, 0.29) is 10.0 Å². The molecular weight excluding hydrogens is 375 g/mol. The Bertz CT molecular complexity index is 722. The van der Waals surface area contributed by atoms with Crippen LogP contribution in [0.2, 0.25) is 10.2 Å². The first-order valence-corrected chi connectivity index (χ1v) is 8.02. The second-order valence-electron chi connectivity index (χ2n) is 3.52. The largest absolute Gasteiger partial charge is 0.278 e. The number of hydrogen-bond acceptors (Lipinski definition) is 3. The maximum atomic E-state index is 12.2. The molecule has 1 aromatic carbocycles. The minimum atomic E-state index is -3.74. The first kappa shape index (κ1) is 14.6. The summed E-state index contributed by atoms with van der Waals surface area (Å²) in [5.74, 6) is 0. The molecule has 0 spiro atoms. The van der Waals surface area contributed by atoms with Crippen molar-refractivity contribution in [2.45, 2.75) is 4.90 Å². The third-order valence-electron chi connectivity index (χ3n) is 2.20. The van der Waals surface area contributed by atoms with Gasteiger partial charge in [-0.05, 0) is 40.2 Å². The lowest BCUT2D eigenvalue weighted by Crippen LogP contribution is -2.13. The molecule has 1 heterocycles. The maximum absolute atomic E-state index is 12.2. The molecule has 0 fully saturated rings. The van der Waals surface area contributed by atoms with E-state index in [1.807, 2.05) is 0 Å². The summed E-state index contributed by atoms with van der Waals surface area (Å²) in [6, 6.07) is 7.50. The van der Waals surface area contributed by atoms with Crippen LogP contribution in [-0.4, -0.2) is 13.4 Å². The van der Waals surface area contributed by atoms with Crippen LogP contribution in [0.15, 0.2) is 45.9 Å². The summed E-state index contributed by atoms with van der Waals surface area (Å²) in [6.07, 6.45) is 1.32. The van der Waals surface area contributed by atoms with Gasteiger partial charge in [0.15, 0.2) is 0 Å². The smallest absolute Gasteiger partial charge is 0.262 e. The monoisotopic (exact) mass is 380 g/mol. The molecule has 100 valence electrons. The Hall–Kier alpha value is -0.820. The van der Waals surface area contributed by atoms with Crippen molar-refractivity contribution in [3.63, 3.8) is 0 Å². The maximum Gasteiger partial charge on any atom is 0.262 e. The summed E-state index contributed by atoms with van der Waals surface area (Å²) >= 11 is 14.8. The van der Waals surface area contributed by atoms with Crippen LogP contribution in [0.1, 0.15) is 0 Å². The average Bonchev–Trinajstić information content (AvgIpc) is 2.35. The zero-order valence-corrected chi connectivity index (χ0v) is 13.2. The number of nitrogens with one attached hydrogen (secondary N) is 1. The van der Waals surface area contributed by atoms with Crippen LogP contribution >= 0.6 is 39.1 Å². The van der Waals surface area contributed by atoms with Gasteiger partial charge in [0.2, 0.25) is 0 Å². The number of aromatic nitrogens is 1. The second-order valence-corrected chi connectivity index (χ2v) is 6.79. The average molecular weight is 382 g/mol. The lowest BCUT2D eigenvalue weighted by atomic mass is 10.3. The Morgan fingerprint density at radius 2 is 1.95 bits per heavy atom. The van der Waals surface area contributed by atoms with Gasteiger partial charge in [-0.1, -0.05) is 29.3 Å². The van der Waals surface area contributed by atoms with E-state index in [0.29, 0.717) is 15.2 Å². The first-order chi connectivity index (χ1) is 8.90. The predicted octanol–water partition coefficient (Wildman–Crippen LogP) is 3.95. The van der Waals surface area contributed by atoms with E-state index in [0.717, 1.165) is 0 Å². The summed E-state index contributed by atoms with van der Waals surface area (Å²) in [6.45, 7) is 0. The van der Waals surface area contributed by atoms with Gasteiger partial charge in [0.1, 0.15) is 5.15 Å². The summed E-state index contributed by atoms with van der Waals surface area (Å²) in [7, 11) is -3.74. The number of hydrogen-bond donors (Lipinski definition) is 1. The number of sulfonamides is 1. The van der Waals surface area contributed by atoms with Crippen molar-refractivity contribution in [3.05, 3.63) is 51.2 Å². The van der Waals surface area contributed by atoms with Gasteiger partial charge < -0.3 is 0 Å². The highest BCUT2D eigenvalue weighted by Crippen LogP contribution is 2.31. The summed E-state index contributed by atoms with van der Waals surface area (Å²) in [5, 5.41) is 0.515. The van der Waals surface area contributed by atoms with Crippen LogP contribution < -0.4 is 4.72 Å². The van der Waals surface area contributed by atoms with Gasteiger partial charge in [-0.3, -0.25) is 4.72 Å². The van der Waals surface area contributed by atoms with Crippen molar-refractivity contribution in [3.8, 4) is 0 Å². The van der Waals surface area contributed by atoms with Crippen LogP contribution in [-0.2, 0) is 10.0 Å². The fourth-order valence-corrected chi connectivity index (χ4v) is 3.33. The Morgan fingerprint density at radius 1 is 1.21 bits per heavy atom. The molecule has 4 nitrogen and oxygen atoms in total. The van der Waals surface area contributed by atoms with E-state index in [2.05, 4.69) is 25.6 Å². The molecule has 0 amide bonds. The molecular formula is C11H7BrCl2N2O2S. The number of anilines is 1. The molecule has 2 aromatic rings. The third kappa shape index (κ3) is 3.39. The minimum Gasteiger partial charge on any atom is -0.278 e. The molecule has 0 bridgehead atoms. The molecule has 1 aromatic heterocycles. The van der Waals surface area contributed by atoms with Crippen molar-refractivity contribution >= 4 is 54.8 Å². The topological polar surface area (TPSA) is 59.1 Å². The normalized spacial score (nSPS) is 11.3. The molecule has 0 unspecified atom stereocenters. The Balaban J connectivity index is 2.39. The van der Waals surface area contributed by atoms with Crippen LogP contribution in [0.5, 0.6) is 0 Å². The fourth-order valence-electron chi connectivity index (χ4n) is 1.34. The lowest BCUT2D eigenvalue weighted by molar-refractivity contribution is 0.601. The highest BCUT2D eigenvalue weighted by molar-refractivity contribution is 9.10. The van der Waals surface area contributed by atoms with Crippen molar-refractivity contribution in [2.24, 2.45) is 0 Å². The van der Waals surface area contributed by atoms with Gasteiger partial charge in [0.25, 0.3) is 10.0 Å². The molecule has 2 rings (SSSR count). The van der Waals surface area contributed by atoms with Crippen LogP contribution in [0, 0.1) is 0 Å². The number of halogens is 3. The molecule has 0 saturated heterocycles. The van der Waals surface area contributed by atoms with Crippen molar-refractivity contribution in [1.29, 1.82) is 0 Å². The molecule has 0 radical (unpaired) electrons. The van der Waals surface area contributed by atoms with Gasteiger partial charge in [0, 0.05) is 6.20 Å². The number of benzene rings is 1. The van der Waals surface area contributed by atoms with Crippen molar-refractivity contribution in [1.82, 2.24) is 4.98 Å². The van der Waals surface area contributed by atoms with E-state index in [9.17, 15) is 8.42 Å². The molecule has 1 N–H and O–H groups in total. The predicted molar refractivity (Wildman–Crippen MR) is 79.2 cm³/mol. The van der Waals surface area contributed by atoms with Crippen LogP contribution in [0.4, 0.5) is 5.69 Å². The molecule has 19 heavy (non-hydrogen) atoms. The van der Waals surface area contributed by atoms with E-state index in [1.54, 1.807) is 18.2 Å².